The van der Waals surface area contributed by atoms with E-state index in [1.54, 1.807) is 12.1 Å². The molecule has 4 rings (SSSR count). The molecule has 150 valence electrons. The van der Waals surface area contributed by atoms with Crippen molar-refractivity contribution in [3.05, 3.63) is 66.5 Å². The molecule has 2 aromatic carbocycles. The van der Waals surface area contributed by atoms with Crippen molar-refractivity contribution in [1.29, 1.82) is 0 Å². The number of nitrogens with one attached hydrogen (secondary N) is 2. The van der Waals surface area contributed by atoms with Gasteiger partial charge >= 0.3 is 0 Å². The summed E-state index contributed by atoms with van der Waals surface area (Å²) in [5.74, 6) is 1.76. The summed E-state index contributed by atoms with van der Waals surface area (Å²) < 4.78 is 18.6. The van der Waals surface area contributed by atoms with Gasteiger partial charge in [0.05, 0.1) is 13.2 Å². The molecule has 6 nitrogen and oxygen atoms in total. The van der Waals surface area contributed by atoms with Crippen LogP contribution in [0.4, 0.5) is 21.7 Å². The second kappa shape index (κ2) is 9.45. The van der Waals surface area contributed by atoms with Crippen molar-refractivity contribution in [3.63, 3.8) is 0 Å². The van der Waals surface area contributed by atoms with E-state index in [2.05, 4.69) is 25.5 Å². The van der Waals surface area contributed by atoms with E-state index in [-0.39, 0.29) is 5.82 Å². The van der Waals surface area contributed by atoms with Crippen LogP contribution in [-0.4, -0.2) is 54.3 Å². The number of rotatable bonds is 7. The lowest BCUT2D eigenvalue weighted by molar-refractivity contribution is 0.0398. The van der Waals surface area contributed by atoms with Gasteiger partial charge in [-0.05, 0) is 24.3 Å². The molecule has 0 aliphatic carbocycles. The van der Waals surface area contributed by atoms with Gasteiger partial charge in [-0.2, -0.15) is 0 Å². The second-order valence-electron chi connectivity index (χ2n) is 6.84. The number of anilines is 3. The number of ether oxygens (including phenoxy) is 1. The van der Waals surface area contributed by atoms with E-state index < -0.39 is 0 Å². The van der Waals surface area contributed by atoms with Crippen molar-refractivity contribution in [1.82, 2.24) is 14.9 Å². The fourth-order valence-corrected chi connectivity index (χ4v) is 3.17. The SMILES string of the molecule is Fc1ccc(Nc2cc(NCCN3CCOCC3)nc(-c3ccccc3)n2)cc1. The monoisotopic (exact) mass is 393 g/mol. The van der Waals surface area contributed by atoms with E-state index in [4.69, 9.17) is 4.74 Å². The minimum Gasteiger partial charge on any atom is -0.379 e. The third kappa shape index (κ3) is 5.49. The third-order valence-corrected chi connectivity index (χ3v) is 4.71. The van der Waals surface area contributed by atoms with Gasteiger partial charge in [-0.1, -0.05) is 30.3 Å². The van der Waals surface area contributed by atoms with Crippen molar-refractivity contribution in [2.75, 3.05) is 50.0 Å². The molecule has 2 N–H and O–H groups in total. The number of hydrogen-bond donors (Lipinski definition) is 2. The van der Waals surface area contributed by atoms with Crippen molar-refractivity contribution in [2.24, 2.45) is 0 Å². The molecule has 1 saturated heterocycles. The Hall–Kier alpha value is -3.03. The molecule has 7 heteroatoms. The van der Waals surface area contributed by atoms with Crippen LogP contribution in [0.5, 0.6) is 0 Å². The number of hydrogen-bond acceptors (Lipinski definition) is 6. The van der Waals surface area contributed by atoms with Crippen LogP contribution in [0, 0.1) is 5.82 Å². The largest absolute Gasteiger partial charge is 0.379 e. The van der Waals surface area contributed by atoms with Crippen molar-refractivity contribution < 1.29 is 9.13 Å². The van der Waals surface area contributed by atoms with E-state index >= 15 is 0 Å². The van der Waals surface area contributed by atoms with Crippen LogP contribution in [-0.2, 0) is 4.74 Å². The van der Waals surface area contributed by atoms with Crippen LogP contribution >= 0.6 is 0 Å². The predicted molar refractivity (Wildman–Crippen MR) is 113 cm³/mol. The van der Waals surface area contributed by atoms with Crippen LogP contribution in [0.3, 0.4) is 0 Å². The van der Waals surface area contributed by atoms with Gasteiger partial charge in [-0.15, -0.1) is 0 Å². The van der Waals surface area contributed by atoms with E-state index in [0.29, 0.717) is 11.6 Å². The Balaban J connectivity index is 1.51. The third-order valence-electron chi connectivity index (χ3n) is 4.71. The first kappa shape index (κ1) is 19.3. The van der Waals surface area contributed by atoms with Gasteiger partial charge in [0.15, 0.2) is 5.82 Å². The second-order valence-corrected chi connectivity index (χ2v) is 6.84. The fraction of sp³-hybridized carbons (Fsp3) is 0.273. The zero-order valence-corrected chi connectivity index (χ0v) is 16.1. The average Bonchev–Trinajstić information content (AvgIpc) is 2.77. The average molecular weight is 393 g/mol. The highest BCUT2D eigenvalue weighted by molar-refractivity contribution is 5.65. The van der Waals surface area contributed by atoms with Gasteiger partial charge in [0.2, 0.25) is 0 Å². The van der Waals surface area contributed by atoms with Crippen LogP contribution in [0.15, 0.2) is 60.7 Å². The van der Waals surface area contributed by atoms with Crippen molar-refractivity contribution in [3.8, 4) is 11.4 Å². The molecule has 1 aliphatic rings. The fourth-order valence-electron chi connectivity index (χ4n) is 3.17. The standard InChI is InChI=1S/C22H24FN5O/c23-18-6-8-19(9-7-18)25-21-16-20(24-10-11-28-12-14-29-15-13-28)26-22(27-21)17-4-2-1-3-5-17/h1-9,16H,10-15H2,(H2,24,25,26,27). The predicted octanol–water partition coefficient (Wildman–Crippen LogP) is 3.77. The van der Waals surface area contributed by atoms with Gasteiger partial charge in [-0.25, -0.2) is 14.4 Å². The lowest BCUT2D eigenvalue weighted by Gasteiger charge is -2.26. The minimum absolute atomic E-state index is 0.270. The van der Waals surface area contributed by atoms with E-state index in [1.807, 2.05) is 36.4 Å². The minimum atomic E-state index is -0.270. The summed E-state index contributed by atoms with van der Waals surface area (Å²) in [4.78, 5) is 11.7. The number of nitrogens with zero attached hydrogens (tertiary/aromatic N) is 3. The normalized spacial score (nSPS) is 14.5. The Kier molecular flexibility index (Phi) is 6.29. The molecule has 0 unspecified atom stereocenters. The number of benzene rings is 2. The summed E-state index contributed by atoms with van der Waals surface area (Å²) in [7, 11) is 0. The number of halogens is 1. The first-order chi connectivity index (χ1) is 14.3. The summed E-state index contributed by atoms with van der Waals surface area (Å²) in [5, 5.41) is 6.64. The molecule has 29 heavy (non-hydrogen) atoms. The number of morpholine rings is 1. The summed E-state index contributed by atoms with van der Waals surface area (Å²) in [6.45, 7) is 5.20. The van der Waals surface area contributed by atoms with Crippen LogP contribution in [0.25, 0.3) is 11.4 Å². The Morgan fingerprint density at radius 2 is 1.66 bits per heavy atom. The quantitative estimate of drug-likeness (QED) is 0.637. The highest BCUT2D eigenvalue weighted by Gasteiger charge is 2.11. The van der Waals surface area contributed by atoms with Crippen molar-refractivity contribution in [2.45, 2.75) is 0 Å². The maximum atomic E-state index is 13.2. The summed E-state index contributed by atoms with van der Waals surface area (Å²) in [5.41, 5.74) is 1.70. The highest BCUT2D eigenvalue weighted by atomic mass is 19.1. The highest BCUT2D eigenvalue weighted by Crippen LogP contribution is 2.23. The van der Waals surface area contributed by atoms with Crippen LogP contribution in [0.1, 0.15) is 0 Å². The van der Waals surface area contributed by atoms with Crippen LogP contribution in [0.2, 0.25) is 0 Å². The molecule has 1 aliphatic heterocycles. The maximum absolute atomic E-state index is 13.2. The maximum Gasteiger partial charge on any atom is 0.163 e. The Morgan fingerprint density at radius 1 is 0.931 bits per heavy atom. The zero-order valence-electron chi connectivity index (χ0n) is 16.1. The molecule has 0 spiro atoms. The van der Waals surface area contributed by atoms with Gasteiger partial charge in [0.25, 0.3) is 0 Å². The van der Waals surface area contributed by atoms with Gasteiger partial charge in [-0.3, -0.25) is 4.90 Å². The molecule has 1 fully saturated rings. The topological polar surface area (TPSA) is 62.3 Å². The number of aromatic nitrogens is 2. The molecule has 3 aromatic rings. The van der Waals surface area contributed by atoms with Crippen molar-refractivity contribution >= 4 is 17.3 Å². The first-order valence-electron chi connectivity index (χ1n) is 9.77. The van der Waals surface area contributed by atoms with Gasteiger partial charge in [0.1, 0.15) is 17.5 Å². The molecule has 1 aromatic heterocycles. The van der Waals surface area contributed by atoms with Gasteiger partial charge in [0, 0.05) is 43.5 Å². The molecule has 0 bridgehead atoms. The Labute approximate surface area is 169 Å². The molecule has 0 radical (unpaired) electrons. The van der Waals surface area contributed by atoms with E-state index in [9.17, 15) is 4.39 Å². The Morgan fingerprint density at radius 3 is 2.41 bits per heavy atom. The molecule has 0 amide bonds. The first-order valence-corrected chi connectivity index (χ1v) is 9.77. The summed E-state index contributed by atoms with van der Waals surface area (Å²) >= 11 is 0. The molecular formula is C22H24FN5O. The Bertz CT molecular complexity index is 914. The zero-order chi connectivity index (χ0) is 19.9. The summed E-state index contributed by atoms with van der Waals surface area (Å²) in [6.07, 6.45) is 0. The smallest absolute Gasteiger partial charge is 0.163 e. The lowest BCUT2D eigenvalue weighted by atomic mass is 10.2. The summed E-state index contributed by atoms with van der Waals surface area (Å²) in [6, 6.07) is 17.9. The molecule has 2 heterocycles. The molecule has 0 atom stereocenters. The van der Waals surface area contributed by atoms with E-state index in [0.717, 1.165) is 56.5 Å². The van der Waals surface area contributed by atoms with E-state index in [1.165, 1.54) is 12.1 Å². The molecule has 0 saturated carbocycles. The molecular weight excluding hydrogens is 369 g/mol. The van der Waals surface area contributed by atoms with Gasteiger partial charge < -0.3 is 15.4 Å². The lowest BCUT2D eigenvalue weighted by Crippen LogP contribution is -2.39. The van der Waals surface area contributed by atoms with Crippen LogP contribution < -0.4 is 10.6 Å².